The summed E-state index contributed by atoms with van der Waals surface area (Å²) in [4.78, 5) is 4.70. The number of benzene rings is 1. The standard InChI is InChI=1S/C13H14N2.CH4.ClH/c14-13-9-5-1-3-7-11(9)15-12-8-4-2-6-10(12)13;;/h1,3,5,7H,2,4,6,8H2,(H2,14,15);1H4;1H. The van der Waals surface area contributed by atoms with Gasteiger partial charge >= 0.3 is 0 Å². The lowest BCUT2D eigenvalue weighted by Crippen LogP contribution is -2.09. The van der Waals surface area contributed by atoms with Gasteiger partial charge in [0.2, 0.25) is 0 Å². The average molecular weight is 251 g/mol. The molecule has 3 rings (SSSR count). The summed E-state index contributed by atoms with van der Waals surface area (Å²) < 4.78 is 0. The minimum Gasteiger partial charge on any atom is -0.398 e. The zero-order chi connectivity index (χ0) is 10.3. The number of anilines is 1. The van der Waals surface area contributed by atoms with Crippen molar-refractivity contribution < 1.29 is 0 Å². The number of pyridine rings is 1. The van der Waals surface area contributed by atoms with E-state index in [1.165, 1.54) is 24.1 Å². The Bertz CT molecular complexity index is 523. The molecule has 1 aliphatic rings. The summed E-state index contributed by atoms with van der Waals surface area (Å²) in [6.07, 6.45) is 4.68. The zero-order valence-electron chi connectivity index (χ0n) is 9.07. The van der Waals surface area contributed by atoms with E-state index in [2.05, 4.69) is 6.07 Å². The molecular weight excluding hydrogens is 232 g/mol. The second-order valence-corrected chi connectivity index (χ2v) is 4.17. The lowest BCUT2D eigenvalue weighted by Gasteiger charge is -2.18. The van der Waals surface area contributed by atoms with E-state index in [0.717, 1.165) is 29.4 Å². The van der Waals surface area contributed by atoms with Gasteiger partial charge in [0.15, 0.2) is 0 Å². The molecule has 0 amide bonds. The number of para-hydroxylation sites is 1. The molecule has 0 fully saturated rings. The number of hydrogen-bond donors (Lipinski definition) is 1. The van der Waals surface area contributed by atoms with Crippen molar-refractivity contribution in [1.82, 2.24) is 4.98 Å². The molecular formula is C14H19ClN2. The van der Waals surface area contributed by atoms with Crippen LogP contribution in [0, 0.1) is 0 Å². The van der Waals surface area contributed by atoms with Crippen LogP contribution < -0.4 is 5.73 Å². The Kier molecular flexibility index (Phi) is 4.35. The lowest BCUT2D eigenvalue weighted by atomic mass is 9.93. The number of nitrogens with zero attached hydrogens (tertiary/aromatic N) is 1. The minimum absolute atomic E-state index is 0. The van der Waals surface area contributed by atoms with Crippen LogP contribution in [0.15, 0.2) is 24.3 Å². The first-order valence-electron chi connectivity index (χ1n) is 5.52. The number of nitrogens with two attached hydrogens (primary N) is 1. The van der Waals surface area contributed by atoms with Crippen molar-refractivity contribution in [3.05, 3.63) is 35.5 Å². The summed E-state index contributed by atoms with van der Waals surface area (Å²) in [5.74, 6) is 0. The molecule has 17 heavy (non-hydrogen) atoms. The third-order valence-electron chi connectivity index (χ3n) is 3.21. The van der Waals surface area contributed by atoms with E-state index in [1.807, 2.05) is 18.2 Å². The summed E-state index contributed by atoms with van der Waals surface area (Å²) >= 11 is 0. The zero-order valence-corrected chi connectivity index (χ0v) is 9.89. The normalized spacial score (nSPS) is 13.4. The molecule has 0 saturated heterocycles. The number of hydrogen-bond acceptors (Lipinski definition) is 2. The predicted molar refractivity (Wildman–Crippen MR) is 76.8 cm³/mol. The Morgan fingerprint density at radius 2 is 1.76 bits per heavy atom. The summed E-state index contributed by atoms with van der Waals surface area (Å²) in [6, 6.07) is 8.15. The Labute approximate surface area is 109 Å². The van der Waals surface area contributed by atoms with Gasteiger partial charge in [-0.3, -0.25) is 4.98 Å². The smallest absolute Gasteiger partial charge is 0.0726 e. The molecule has 2 N–H and O–H groups in total. The second-order valence-electron chi connectivity index (χ2n) is 4.17. The number of rotatable bonds is 0. The van der Waals surface area contributed by atoms with Crippen LogP contribution in [0.25, 0.3) is 10.9 Å². The molecule has 1 aromatic heterocycles. The molecule has 0 radical (unpaired) electrons. The maximum atomic E-state index is 6.20. The average Bonchev–Trinajstić information content (AvgIpc) is 2.30. The van der Waals surface area contributed by atoms with Gasteiger partial charge in [0.05, 0.1) is 5.52 Å². The third kappa shape index (κ3) is 2.22. The van der Waals surface area contributed by atoms with Gasteiger partial charge in [0.25, 0.3) is 0 Å². The Hall–Kier alpha value is -1.28. The van der Waals surface area contributed by atoms with Gasteiger partial charge in [-0.25, -0.2) is 0 Å². The maximum Gasteiger partial charge on any atom is 0.0726 e. The number of nitrogen functional groups attached to an aromatic ring is 1. The third-order valence-corrected chi connectivity index (χ3v) is 3.21. The van der Waals surface area contributed by atoms with Gasteiger partial charge in [-0.1, -0.05) is 25.6 Å². The van der Waals surface area contributed by atoms with Crippen LogP contribution in [-0.4, -0.2) is 4.98 Å². The Balaban J connectivity index is 0.000000722. The van der Waals surface area contributed by atoms with Crippen molar-refractivity contribution in [3.8, 4) is 0 Å². The predicted octanol–water partition coefficient (Wildman–Crippen LogP) is 3.75. The van der Waals surface area contributed by atoms with Gasteiger partial charge in [0.1, 0.15) is 0 Å². The highest BCUT2D eigenvalue weighted by Gasteiger charge is 2.15. The molecule has 1 aliphatic carbocycles. The molecule has 92 valence electrons. The van der Waals surface area contributed by atoms with Crippen LogP contribution in [0.3, 0.4) is 0 Å². The number of halogens is 1. The van der Waals surface area contributed by atoms with Crippen LogP contribution in [0.1, 0.15) is 31.5 Å². The van der Waals surface area contributed by atoms with E-state index >= 15 is 0 Å². The van der Waals surface area contributed by atoms with E-state index in [9.17, 15) is 0 Å². The minimum atomic E-state index is 0. The monoisotopic (exact) mass is 250 g/mol. The molecule has 0 bridgehead atoms. The fraction of sp³-hybridized carbons (Fsp3) is 0.357. The van der Waals surface area contributed by atoms with Crippen molar-refractivity contribution >= 4 is 29.0 Å². The quantitative estimate of drug-likeness (QED) is 0.773. The summed E-state index contributed by atoms with van der Waals surface area (Å²) in [7, 11) is 0. The molecule has 2 nitrogen and oxygen atoms in total. The summed E-state index contributed by atoms with van der Waals surface area (Å²) in [5, 5.41) is 1.11. The molecule has 0 unspecified atom stereocenters. The van der Waals surface area contributed by atoms with Crippen LogP contribution in [0.2, 0.25) is 0 Å². The maximum absolute atomic E-state index is 6.20. The Morgan fingerprint density at radius 1 is 1.06 bits per heavy atom. The van der Waals surface area contributed by atoms with Crippen LogP contribution in [0.4, 0.5) is 5.69 Å². The molecule has 0 aliphatic heterocycles. The van der Waals surface area contributed by atoms with Crippen molar-refractivity contribution in [1.29, 1.82) is 0 Å². The highest BCUT2D eigenvalue weighted by Crippen LogP contribution is 2.30. The number of aromatic nitrogens is 1. The highest BCUT2D eigenvalue weighted by molar-refractivity contribution is 5.92. The van der Waals surface area contributed by atoms with Gasteiger partial charge in [-0.2, -0.15) is 0 Å². The first kappa shape index (κ1) is 13.8. The van der Waals surface area contributed by atoms with E-state index in [4.69, 9.17) is 10.7 Å². The first-order chi connectivity index (χ1) is 7.36. The molecule has 1 heterocycles. The molecule has 0 atom stereocenters. The topological polar surface area (TPSA) is 38.9 Å². The van der Waals surface area contributed by atoms with E-state index in [-0.39, 0.29) is 19.8 Å². The van der Waals surface area contributed by atoms with Crippen molar-refractivity contribution in [2.45, 2.75) is 33.1 Å². The molecule has 3 heteroatoms. The highest BCUT2D eigenvalue weighted by atomic mass is 35.5. The van der Waals surface area contributed by atoms with Crippen molar-refractivity contribution in [2.24, 2.45) is 0 Å². The Morgan fingerprint density at radius 3 is 2.59 bits per heavy atom. The fourth-order valence-electron chi connectivity index (χ4n) is 2.41. The van der Waals surface area contributed by atoms with E-state index in [1.54, 1.807) is 0 Å². The van der Waals surface area contributed by atoms with Gasteiger partial charge in [-0.15, -0.1) is 12.4 Å². The van der Waals surface area contributed by atoms with Gasteiger partial charge in [0, 0.05) is 16.8 Å². The van der Waals surface area contributed by atoms with E-state index < -0.39 is 0 Å². The number of aryl methyl sites for hydroxylation is 1. The largest absolute Gasteiger partial charge is 0.398 e. The first-order valence-corrected chi connectivity index (χ1v) is 5.52. The molecule has 1 aromatic carbocycles. The van der Waals surface area contributed by atoms with Crippen LogP contribution >= 0.6 is 12.4 Å². The summed E-state index contributed by atoms with van der Waals surface area (Å²) in [6.45, 7) is 0. The van der Waals surface area contributed by atoms with Gasteiger partial charge in [-0.05, 0) is 37.3 Å². The van der Waals surface area contributed by atoms with E-state index in [0.29, 0.717) is 0 Å². The van der Waals surface area contributed by atoms with Crippen molar-refractivity contribution in [2.75, 3.05) is 5.73 Å². The molecule has 0 saturated carbocycles. The molecule has 2 aromatic rings. The second kappa shape index (κ2) is 5.37. The lowest BCUT2D eigenvalue weighted by molar-refractivity contribution is 0.673. The van der Waals surface area contributed by atoms with Crippen LogP contribution in [0.5, 0.6) is 0 Å². The summed E-state index contributed by atoms with van der Waals surface area (Å²) in [5.41, 5.74) is 10.7. The van der Waals surface area contributed by atoms with Crippen molar-refractivity contribution in [3.63, 3.8) is 0 Å². The SMILES string of the molecule is C.Cl.Nc1c2c(nc3ccccc13)CCCC2. The fourth-order valence-corrected chi connectivity index (χ4v) is 2.41. The molecule has 0 spiro atoms. The number of fused-ring (bicyclic) bond motifs is 2. The van der Waals surface area contributed by atoms with Crippen LogP contribution in [-0.2, 0) is 12.8 Å². The van der Waals surface area contributed by atoms with Gasteiger partial charge < -0.3 is 5.73 Å².